The predicted molar refractivity (Wildman–Crippen MR) is 74.0 cm³/mol. The second-order valence-corrected chi connectivity index (χ2v) is 4.50. The van der Waals surface area contributed by atoms with E-state index in [2.05, 4.69) is 41.6 Å². The Morgan fingerprint density at radius 3 is 2.42 bits per heavy atom. The van der Waals surface area contributed by atoms with E-state index in [0.29, 0.717) is 5.92 Å². The number of nitrogens with zero attached hydrogens (tertiary/aromatic N) is 3. The van der Waals surface area contributed by atoms with Crippen LogP contribution in [-0.2, 0) is 4.79 Å². The highest BCUT2D eigenvalue weighted by atomic mass is 16.2. The normalized spacial score (nSPS) is 11.1. The van der Waals surface area contributed by atoms with Gasteiger partial charge in [0.25, 0.3) is 5.91 Å². The summed E-state index contributed by atoms with van der Waals surface area (Å²) in [7, 11) is 0. The van der Waals surface area contributed by atoms with Crippen LogP contribution in [0.15, 0.2) is 43.0 Å². The summed E-state index contributed by atoms with van der Waals surface area (Å²) in [6, 6.07) is 8.14. The SMILES string of the molecule is CC(C)c1ccc(C=CC(=O)Nn2cnnc2)cc1. The highest BCUT2D eigenvalue weighted by Crippen LogP contribution is 2.15. The van der Waals surface area contributed by atoms with Crippen molar-refractivity contribution in [3.63, 3.8) is 0 Å². The molecule has 1 heterocycles. The highest BCUT2D eigenvalue weighted by molar-refractivity contribution is 5.97. The third-order valence-electron chi connectivity index (χ3n) is 2.69. The molecule has 0 bridgehead atoms. The van der Waals surface area contributed by atoms with Gasteiger partial charge in [0.1, 0.15) is 12.7 Å². The maximum atomic E-state index is 11.6. The van der Waals surface area contributed by atoms with Crippen LogP contribution in [0.1, 0.15) is 30.9 Å². The van der Waals surface area contributed by atoms with Crippen LogP contribution in [-0.4, -0.2) is 20.8 Å². The molecule has 0 saturated heterocycles. The molecule has 0 aliphatic heterocycles. The fourth-order valence-electron chi connectivity index (χ4n) is 1.59. The second-order valence-electron chi connectivity index (χ2n) is 4.50. The Balaban J connectivity index is 1.96. The minimum atomic E-state index is -0.229. The van der Waals surface area contributed by atoms with E-state index in [-0.39, 0.29) is 5.91 Å². The smallest absolute Gasteiger partial charge is 0.262 e. The average Bonchev–Trinajstić information content (AvgIpc) is 2.89. The zero-order valence-corrected chi connectivity index (χ0v) is 10.9. The molecule has 0 fully saturated rings. The largest absolute Gasteiger partial charge is 0.268 e. The van der Waals surface area contributed by atoms with Crippen molar-refractivity contribution in [1.82, 2.24) is 14.9 Å². The van der Waals surface area contributed by atoms with E-state index < -0.39 is 0 Å². The molecule has 0 unspecified atom stereocenters. The predicted octanol–water partition coefficient (Wildman–Crippen LogP) is 2.18. The minimum Gasteiger partial charge on any atom is -0.268 e. The molecule has 2 aromatic rings. The number of carbonyl (C=O) groups is 1. The van der Waals surface area contributed by atoms with E-state index in [4.69, 9.17) is 0 Å². The lowest BCUT2D eigenvalue weighted by atomic mass is 10.0. The summed E-state index contributed by atoms with van der Waals surface area (Å²) >= 11 is 0. The molecule has 0 aliphatic carbocycles. The van der Waals surface area contributed by atoms with Gasteiger partial charge in [-0.05, 0) is 23.1 Å². The van der Waals surface area contributed by atoms with E-state index in [1.165, 1.54) is 29.0 Å². The van der Waals surface area contributed by atoms with Crippen molar-refractivity contribution in [2.75, 3.05) is 5.43 Å². The number of carbonyl (C=O) groups excluding carboxylic acids is 1. The monoisotopic (exact) mass is 256 g/mol. The van der Waals surface area contributed by atoms with Crippen molar-refractivity contribution in [2.45, 2.75) is 19.8 Å². The first-order valence-electron chi connectivity index (χ1n) is 6.09. The van der Waals surface area contributed by atoms with E-state index in [0.717, 1.165) is 5.56 Å². The van der Waals surface area contributed by atoms with Crippen LogP contribution in [0, 0.1) is 0 Å². The van der Waals surface area contributed by atoms with Gasteiger partial charge in [0.2, 0.25) is 0 Å². The Morgan fingerprint density at radius 1 is 1.21 bits per heavy atom. The molecule has 1 aromatic carbocycles. The number of aromatic nitrogens is 3. The van der Waals surface area contributed by atoms with Gasteiger partial charge in [-0.3, -0.25) is 10.2 Å². The topological polar surface area (TPSA) is 59.8 Å². The number of benzene rings is 1. The van der Waals surface area contributed by atoms with E-state index in [1.807, 2.05) is 12.1 Å². The van der Waals surface area contributed by atoms with Gasteiger partial charge in [-0.25, -0.2) is 4.68 Å². The second kappa shape index (κ2) is 5.95. The lowest BCUT2D eigenvalue weighted by Crippen LogP contribution is -2.18. The number of hydrogen-bond donors (Lipinski definition) is 1. The molecule has 0 aliphatic rings. The Bertz CT molecular complexity index is 556. The standard InChI is InChI=1S/C14H16N4O/c1-11(2)13-6-3-12(4-7-13)5-8-14(19)17-18-9-15-16-10-18/h3-11H,1-2H3,(H,17,19). The summed E-state index contributed by atoms with van der Waals surface area (Å²) in [5, 5.41) is 7.19. The molecule has 2 rings (SSSR count). The van der Waals surface area contributed by atoms with E-state index in [1.54, 1.807) is 6.08 Å². The van der Waals surface area contributed by atoms with Gasteiger partial charge < -0.3 is 0 Å². The van der Waals surface area contributed by atoms with Crippen molar-refractivity contribution in [2.24, 2.45) is 0 Å². The number of rotatable bonds is 4. The van der Waals surface area contributed by atoms with Crippen LogP contribution in [0.5, 0.6) is 0 Å². The van der Waals surface area contributed by atoms with Gasteiger partial charge in [0.15, 0.2) is 0 Å². The van der Waals surface area contributed by atoms with Gasteiger partial charge in [-0.15, -0.1) is 10.2 Å². The van der Waals surface area contributed by atoms with Crippen LogP contribution in [0.4, 0.5) is 0 Å². The summed E-state index contributed by atoms with van der Waals surface area (Å²) < 4.78 is 1.40. The molecule has 5 heteroatoms. The first-order chi connectivity index (χ1) is 9.15. The molecule has 98 valence electrons. The lowest BCUT2D eigenvalue weighted by molar-refractivity contribution is -0.112. The Kier molecular flexibility index (Phi) is 4.07. The van der Waals surface area contributed by atoms with Gasteiger partial charge in [-0.2, -0.15) is 0 Å². The van der Waals surface area contributed by atoms with Crippen molar-refractivity contribution in [3.05, 3.63) is 54.1 Å². The summed E-state index contributed by atoms with van der Waals surface area (Å²) in [6.07, 6.45) is 6.08. The summed E-state index contributed by atoms with van der Waals surface area (Å²) in [6.45, 7) is 4.30. The quantitative estimate of drug-likeness (QED) is 0.853. The van der Waals surface area contributed by atoms with Crippen LogP contribution >= 0.6 is 0 Å². The maximum Gasteiger partial charge on any atom is 0.262 e. The van der Waals surface area contributed by atoms with Gasteiger partial charge in [0.05, 0.1) is 0 Å². The molecule has 0 radical (unpaired) electrons. The third kappa shape index (κ3) is 3.77. The molecule has 1 amide bonds. The van der Waals surface area contributed by atoms with Crippen LogP contribution in [0.3, 0.4) is 0 Å². The molecule has 1 N–H and O–H groups in total. The van der Waals surface area contributed by atoms with Gasteiger partial charge in [0, 0.05) is 6.08 Å². The fourth-order valence-corrected chi connectivity index (χ4v) is 1.59. The van der Waals surface area contributed by atoms with Crippen LogP contribution < -0.4 is 5.43 Å². The van der Waals surface area contributed by atoms with E-state index in [9.17, 15) is 4.79 Å². The zero-order valence-electron chi connectivity index (χ0n) is 10.9. The van der Waals surface area contributed by atoms with Gasteiger partial charge >= 0.3 is 0 Å². The Labute approximate surface area is 111 Å². The fraction of sp³-hybridized carbons (Fsp3) is 0.214. The molecule has 1 aromatic heterocycles. The molecule has 0 atom stereocenters. The van der Waals surface area contributed by atoms with Crippen molar-refractivity contribution in [1.29, 1.82) is 0 Å². The summed E-state index contributed by atoms with van der Waals surface area (Å²) in [5.74, 6) is 0.280. The van der Waals surface area contributed by atoms with E-state index >= 15 is 0 Å². The average molecular weight is 256 g/mol. The molecule has 5 nitrogen and oxygen atoms in total. The highest BCUT2D eigenvalue weighted by Gasteiger charge is 1.98. The molecule has 19 heavy (non-hydrogen) atoms. The van der Waals surface area contributed by atoms with Gasteiger partial charge in [-0.1, -0.05) is 38.1 Å². The first kappa shape index (κ1) is 13.0. The van der Waals surface area contributed by atoms with Crippen LogP contribution in [0.2, 0.25) is 0 Å². The van der Waals surface area contributed by atoms with Crippen molar-refractivity contribution < 1.29 is 4.79 Å². The Morgan fingerprint density at radius 2 is 1.84 bits per heavy atom. The summed E-state index contributed by atoms with van der Waals surface area (Å²) in [5.41, 5.74) is 4.86. The summed E-state index contributed by atoms with van der Waals surface area (Å²) in [4.78, 5) is 11.6. The molecule has 0 spiro atoms. The number of nitrogens with one attached hydrogen (secondary N) is 1. The molecular weight excluding hydrogens is 240 g/mol. The zero-order chi connectivity index (χ0) is 13.7. The minimum absolute atomic E-state index is 0.229. The van der Waals surface area contributed by atoms with Crippen LogP contribution in [0.25, 0.3) is 6.08 Å². The number of amides is 1. The number of hydrogen-bond acceptors (Lipinski definition) is 3. The van der Waals surface area contributed by atoms with Crippen molar-refractivity contribution >= 4 is 12.0 Å². The van der Waals surface area contributed by atoms with Crippen molar-refractivity contribution in [3.8, 4) is 0 Å². The Hall–Kier alpha value is -2.43. The molecular formula is C14H16N4O. The maximum absolute atomic E-state index is 11.6. The third-order valence-corrected chi connectivity index (χ3v) is 2.69. The first-order valence-corrected chi connectivity index (χ1v) is 6.09. The lowest BCUT2D eigenvalue weighted by Gasteiger charge is -2.04. The molecule has 0 saturated carbocycles.